The highest BCUT2D eigenvalue weighted by atomic mass is 79.9. The number of benzene rings is 2. The molecule has 1 saturated carbocycles. The lowest BCUT2D eigenvalue weighted by molar-refractivity contribution is -0.124. The quantitative estimate of drug-likeness (QED) is 0.512. The summed E-state index contributed by atoms with van der Waals surface area (Å²) in [5, 5.41) is 8.75. The Kier molecular flexibility index (Phi) is 4.81. The molecule has 0 unspecified atom stereocenters. The van der Waals surface area contributed by atoms with Crippen LogP contribution < -0.4 is 0 Å². The van der Waals surface area contributed by atoms with Crippen LogP contribution in [0.15, 0.2) is 40.9 Å². The van der Waals surface area contributed by atoms with E-state index in [0.29, 0.717) is 6.54 Å². The first-order chi connectivity index (χ1) is 14.5. The van der Waals surface area contributed by atoms with E-state index in [4.69, 9.17) is 0 Å². The highest BCUT2D eigenvalue weighted by molar-refractivity contribution is 9.10. The van der Waals surface area contributed by atoms with Gasteiger partial charge in [0.15, 0.2) is 0 Å². The molecule has 0 bridgehead atoms. The van der Waals surface area contributed by atoms with E-state index in [9.17, 15) is 9.59 Å². The lowest BCUT2D eigenvalue weighted by Crippen LogP contribution is -2.29. The maximum Gasteiger partial charge on any atom is 0.327 e. The van der Waals surface area contributed by atoms with Gasteiger partial charge in [-0.3, -0.25) is 9.69 Å². The number of urea groups is 1. The molecule has 30 heavy (non-hydrogen) atoms. The number of carbonyl (C=O) groups is 2. The number of amides is 3. The van der Waals surface area contributed by atoms with Gasteiger partial charge in [0.25, 0.3) is 0 Å². The van der Waals surface area contributed by atoms with Crippen molar-refractivity contribution in [3.05, 3.63) is 46.4 Å². The van der Waals surface area contributed by atoms with E-state index in [0.717, 1.165) is 44.7 Å². The van der Waals surface area contributed by atoms with Crippen molar-refractivity contribution in [1.82, 2.24) is 24.8 Å². The van der Waals surface area contributed by atoms with E-state index < -0.39 is 0 Å². The van der Waals surface area contributed by atoms with Gasteiger partial charge in [0.1, 0.15) is 12.1 Å². The number of carbonyl (C=O) groups excluding carboxylic acids is 2. The topological polar surface area (TPSA) is 71.3 Å². The van der Waals surface area contributed by atoms with Gasteiger partial charge in [-0.15, -0.1) is 5.10 Å². The van der Waals surface area contributed by atoms with Crippen LogP contribution in [0.25, 0.3) is 22.2 Å². The first-order valence-electron chi connectivity index (χ1n) is 10.2. The molecule has 8 heteroatoms. The lowest BCUT2D eigenvalue weighted by Gasteiger charge is -2.15. The van der Waals surface area contributed by atoms with Crippen molar-refractivity contribution in [2.45, 2.75) is 32.4 Å². The fraction of sp³-hybridized carbons (Fsp3) is 0.364. The summed E-state index contributed by atoms with van der Waals surface area (Å²) >= 11 is 3.72. The van der Waals surface area contributed by atoms with Crippen molar-refractivity contribution in [2.75, 3.05) is 13.6 Å². The van der Waals surface area contributed by atoms with Crippen LogP contribution in [-0.4, -0.2) is 50.3 Å². The molecule has 3 aromatic rings. The molecule has 2 fully saturated rings. The molecule has 7 nitrogen and oxygen atoms in total. The fourth-order valence-corrected chi connectivity index (χ4v) is 4.54. The maximum atomic E-state index is 12.1. The van der Waals surface area contributed by atoms with Gasteiger partial charge >= 0.3 is 6.03 Å². The molecule has 1 saturated heterocycles. The minimum Gasteiger partial charge on any atom is -0.311 e. The van der Waals surface area contributed by atoms with Gasteiger partial charge in [0.05, 0.1) is 9.99 Å². The van der Waals surface area contributed by atoms with Crippen molar-refractivity contribution in [1.29, 1.82) is 0 Å². The Labute approximate surface area is 182 Å². The molecule has 0 N–H and O–H groups in total. The molecule has 2 aliphatic rings. The van der Waals surface area contributed by atoms with E-state index >= 15 is 0 Å². The van der Waals surface area contributed by atoms with E-state index in [1.165, 1.54) is 31.2 Å². The van der Waals surface area contributed by atoms with Gasteiger partial charge in [0, 0.05) is 20.1 Å². The van der Waals surface area contributed by atoms with Gasteiger partial charge < -0.3 is 4.90 Å². The van der Waals surface area contributed by atoms with Crippen LogP contribution in [0.5, 0.6) is 0 Å². The normalized spacial score (nSPS) is 16.9. The summed E-state index contributed by atoms with van der Waals surface area (Å²) < 4.78 is 2.93. The van der Waals surface area contributed by atoms with Crippen molar-refractivity contribution < 1.29 is 9.59 Å². The van der Waals surface area contributed by atoms with Crippen LogP contribution in [0.4, 0.5) is 4.79 Å². The minimum atomic E-state index is -0.248. The zero-order valence-electron chi connectivity index (χ0n) is 16.7. The van der Waals surface area contributed by atoms with Gasteiger partial charge in [-0.2, -0.15) is 0 Å². The summed E-state index contributed by atoms with van der Waals surface area (Å²) in [5.74, 6) is 0.693. The number of halogens is 1. The lowest BCUT2D eigenvalue weighted by atomic mass is 10.0. The third-order valence-corrected chi connectivity index (χ3v) is 6.77. The summed E-state index contributed by atoms with van der Waals surface area (Å²) in [6, 6.07) is 12.0. The highest BCUT2D eigenvalue weighted by Gasteiger charge is 2.32. The molecule has 0 radical (unpaired) electrons. The molecule has 154 valence electrons. The standard InChI is InChI=1S/C22H22BrN5O2/c1-26-19(29)13-27(22(26)30)12-15-4-6-16(7-5-15)17-8-9-18-21(20(17)23)24-25-28(18)11-10-14-2-3-14/h4-9,14H,2-3,10-13H2,1H3. The molecule has 2 heterocycles. The number of nitrogens with zero attached hydrogens (tertiary/aromatic N) is 5. The van der Waals surface area contributed by atoms with Gasteiger partial charge in [-0.05, 0) is 51.0 Å². The van der Waals surface area contributed by atoms with Crippen LogP contribution in [0.2, 0.25) is 0 Å². The summed E-state index contributed by atoms with van der Waals surface area (Å²) in [5.41, 5.74) is 5.01. The van der Waals surface area contributed by atoms with Gasteiger partial charge in [-0.1, -0.05) is 48.4 Å². The van der Waals surface area contributed by atoms with Crippen molar-refractivity contribution >= 4 is 38.9 Å². The molecule has 3 amide bonds. The monoisotopic (exact) mass is 467 g/mol. The Morgan fingerprint density at radius 3 is 2.53 bits per heavy atom. The second-order valence-corrected chi connectivity index (χ2v) is 8.92. The number of imide groups is 1. The maximum absolute atomic E-state index is 12.1. The zero-order valence-corrected chi connectivity index (χ0v) is 18.3. The fourth-order valence-electron chi connectivity index (χ4n) is 3.89. The first kappa shape index (κ1) is 19.2. The highest BCUT2D eigenvalue weighted by Crippen LogP contribution is 2.35. The molecule has 1 aromatic heterocycles. The van der Waals surface area contributed by atoms with E-state index in [1.54, 1.807) is 4.90 Å². The predicted molar refractivity (Wildman–Crippen MR) is 117 cm³/mol. The van der Waals surface area contributed by atoms with E-state index in [1.807, 2.05) is 28.9 Å². The predicted octanol–water partition coefficient (Wildman–Crippen LogP) is 4.05. The van der Waals surface area contributed by atoms with E-state index in [2.05, 4.69) is 38.4 Å². The molecule has 1 aliphatic heterocycles. The molecule has 1 aliphatic carbocycles. The number of aryl methyl sites for hydroxylation is 1. The summed E-state index contributed by atoms with van der Waals surface area (Å²) in [6.07, 6.45) is 3.85. The summed E-state index contributed by atoms with van der Waals surface area (Å²) in [4.78, 5) is 26.5. The number of likely N-dealkylation sites (N-methyl/N-ethyl adjacent to an activating group) is 1. The number of hydrogen-bond donors (Lipinski definition) is 0. The second-order valence-electron chi connectivity index (χ2n) is 8.13. The zero-order chi connectivity index (χ0) is 20.8. The van der Waals surface area contributed by atoms with Crippen LogP contribution in [-0.2, 0) is 17.9 Å². The molecule has 5 rings (SSSR count). The van der Waals surface area contributed by atoms with Crippen molar-refractivity contribution in [3.63, 3.8) is 0 Å². The van der Waals surface area contributed by atoms with Crippen molar-refractivity contribution in [2.24, 2.45) is 5.92 Å². The van der Waals surface area contributed by atoms with Crippen molar-refractivity contribution in [3.8, 4) is 11.1 Å². The first-order valence-corrected chi connectivity index (χ1v) is 11.0. The smallest absolute Gasteiger partial charge is 0.311 e. The third-order valence-electron chi connectivity index (χ3n) is 5.97. The minimum absolute atomic E-state index is 0.135. The third kappa shape index (κ3) is 3.49. The average Bonchev–Trinajstić information content (AvgIpc) is 3.44. The van der Waals surface area contributed by atoms with Gasteiger partial charge in [0.2, 0.25) is 5.91 Å². The molecular formula is C22H22BrN5O2. The number of aromatic nitrogens is 3. The molecule has 0 atom stereocenters. The van der Waals surface area contributed by atoms with Crippen LogP contribution >= 0.6 is 15.9 Å². The summed E-state index contributed by atoms with van der Waals surface area (Å²) in [7, 11) is 1.52. The molecule has 2 aromatic carbocycles. The van der Waals surface area contributed by atoms with Crippen LogP contribution in [0.1, 0.15) is 24.8 Å². The number of hydrogen-bond acceptors (Lipinski definition) is 4. The molecular weight excluding hydrogens is 446 g/mol. The Morgan fingerprint density at radius 1 is 1.10 bits per heavy atom. The number of rotatable bonds is 6. The van der Waals surface area contributed by atoms with Crippen LogP contribution in [0, 0.1) is 5.92 Å². The molecule has 0 spiro atoms. The Morgan fingerprint density at radius 2 is 1.87 bits per heavy atom. The average molecular weight is 468 g/mol. The Balaban J connectivity index is 1.35. The van der Waals surface area contributed by atoms with E-state index in [-0.39, 0.29) is 18.5 Å². The van der Waals surface area contributed by atoms with Crippen LogP contribution in [0.3, 0.4) is 0 Å². The second kappa shape index (κ2) is 7.50. The Bertz CT molecular complexity index is 1140. The summed E-state index contributed by atoms with van der Waals surface area (Å²) in [6.45, 7) is 1.47. The van der Waals surface area contributed by atoms with Gasteiger partial charge in [-0.25, -0.2) is 9.48 Å². The SMILES string of the molecule is CN1C(=O)CN(Cc2ccc(-c3ccc4c(nnn4CCC4CC4)c3Br)cc2)C1=O. The Hall–Kier alpha value is -2.74. The largest absolute Gasteiger partial charge is 0.327 e. The number of fused-ring (bicyclic) bond motifs is 1.